The molecule has 14 heavy (non-hydrogen) atoms. The molecular formula is C11H13N3. The third kappa shape index (κ3) is 1.60. The summed E-state index contributed by atoms with van der Waals surface area (Å²) in [7, 11) is 1.78. The van der Waals surface area contributed by atoms with Crippen LogP contribution in [0, 0.1) is 11.3 Å². The van der Waals surface area contributed by atoms with E-state index in [1.54, 1.807) is 11.7 Å². The average Bonchev–Trinajstić information content (AvgIpc) is 2.56. The number of hydrogen-bond acceptors (Lipinski definition) is 2. The molecular weight excluding hydrogens is 174 g/mol. The third-order valence-corrected chi connectivity index (χ3v) is 1.85. The number of nitriles is 1. The van der Waals surface area contributed by atoms with E-state index in [1.165, 1.54) is 0 Å². The first-order valence-electron chi connectivity index (χ1n) is 4.65. The van der Waals surface area contributed by atoms with Gasteiger partial charge >= 0.3 is 0 Å². The molecule has 1 aromatic heterocycles. The molecule has 0 fully saturated rings. The average molecular weight is 187 g/mol. The van der Waals surface area contributed by atoms with Crippen LogP contribution in [0.1, 0.15) is 19.5 Å². The zero-order valence-electron chi connectivity index (χ0n) is 8.65. The van der Waals surface area contributed by atoms with Crippen LogP contribution in [0.25, 0.3) is 10.9 Å². The lowest BCUT2D eigenvalue weighted by molar-refractivity contribution is 0.767. The monoisotopic (exact) mass is 187 g/mol. The molecule has 0 spiro atoms. The number of benzene rings is 1. The highest BCUT2D eigenvalue weighted by molar-refractivity contribution is 5.83. The van der Waals surface area contributed by atoms with Gasteiger partial charge in [0.1, 0.15) is 11.8 Å². The van der Waals surface area contributed by atoms with Crippen molar-refractivity contribution in [3.8, 4) is 6.07 Å². The summed E-state index contributed by atoms with van der Waals surface area (Å²) in [5.74, 6) is 0. The number of nitrogens with zero attached hydrogens (tertiary/aromatic N) is 3. The Hall–Kier alpha value is -1.82. The first-order chi connectivity index (χ1) is 6.83. The Morgan fingerprint density at radius 2 is 1.93 bits per heavy atom. The van der Waals surface area contributed by atoms with Gasteiger partial charge in [-0.25, -0.2) is 0 Å². The van der Waals surface area contributed by atoms with E-state index in [0.717, 1.165) is 10.9 Å². The number of rotatable bonds is 0. The Kier molecular flexibility index (Phi) is 3.24. The SMILES string of the molecule is CC.Cn1nc2ccccc2c1C#N. The Balaban J connectivity index is 0.000000461. The lowest BCUT2D eigenvalue weighted by atomic mass is 10.2. The minimum atomic E-state index is 0.616. The number of hydrogen-bond donors (Lipinski definition) is 0. The fourth-order valence-corrected chi connectivity index (χ4v) is 1.28. The molecule has 0 unspecified atom stereocenters. The summed E-state index contributed by atoms with van der Waals surface area (Å²) in [6.45, 7) is 4.00. The van der Waals surface area contributed by atoms with E-state index < -0.39 is 0 Å². The molecule has 0 N–H and O–H groups in total. The topological polar surface area (TPSA) is 41.6 Å². The maximum absolute atomic E-state index is 8.79. The van der Waals surface area contributed by atoms with Crippen molar-refractivity contribution in [1.29, 1.82) is 5.26 Å². The van der Waals surface area contributed by atoms with Crippen molar-refractivity contribution in [1.82, 2.24) is 9.78 Å². The van der Waals surface area contributed by atoms with Gasteiger partial charge in [0.05, 0.1) is 5.52 Å². The van der Waals surface area contributed by atoms with Crippen molar-refractivity contribution in [3.05, 3.63) is 30.0 Å². The van der Waals surface area contributed by atoms with Crippen LogP contribution in [0.2, 0.25) is 0 Å². The standard InChI is InChI=1S/C9H7N3.C2H6/c1-12-9(6-10)7-4-2-3-5-8(7)11-12;1-2/h2-5H,1H3;1-2H3. The quantitative estimate of drug-likeness (QED) is 0.635. The Morgan fingerprint density at radius 1 is 1.29 bits per heavy atom. The Bertz CT molecular complexity index is 463. The van der Waals surface area contributed by atoms with Gasteiger partial charge in [0.25, 0.3) is 0 Å². The van der Waals surface area contributed by atoms with Crippen LogP contribution in [-0.4, -0.2) is 9.78 Å². The van der Waals surface area contributed by atoms with Crippen LogP contribution < -0.4 is 0 Å². The third-order valence-electron chi connectivity index (χ3n) is 1.85. The van der Waals surface area contributed by atoms with E-state index in [1.807, 2.05) is 38.1 Å². The van der Waals surface area contributed by atoms with Gasteiger partial charge in [0, 0.05) is 12.4 Å². The first kappa shape index (κ1) is 10.3. The highest BCUT2D eigenvalue weighted by Crippen LogP contribution is 2.15. The highest BCUT2D eigenvalue weighted by Gasteiger charge is 2.05. The van der Waals surface area contributed by atoms with Crippen molar-refractivity contribution in [3.63, 3.8) is 0 Å². The highest BCUT2D eigenvalue weighted by atomic mass is 15.3. The lowest BCUT2D eigenvalue weighted by Gasteiger charge is -1.87. The van der Waals surface area contributed by atoms with Crippen molar-refractivity contribution < 1.29 is 0 Å². The molecule has 0 aliphatic heterocycles. The fraction of sp³-hybridized carbons (Fsp3) is 0.273. The molecule has 72 valence electrons. The van der Waals surface area contributed by atoms with E-state index in [0.29, 0.717) is 5.69 Å². The van der Waals surface area contributed by atoms with Gasteiger partial charge in [0.15, 0.2) is 0 Å². The van der Waals surface area contributed by atoms with Crippen molar-refractivity contribution in [2.45, 2.75) is 13.8 Å². The summed E-state index contributed by atoms with van der Waals surface area (Å²) in [6.07, 6.45) is 0. The fourth-order valence-electron chi connectivity index (χ4n) is 1.28. The molecule has 0 aliphatic rings. The van der Waals surface area contributed by atoms with Crippen LogP contribution >= 0.6 is 0 Å². The molecule has 2 aromatic rings. The van der Waals surface area contributed by atoms with Gasteiger partial charge in [-0.15, -0.1) is 0 Å². The molecule has 0 amide bonds. The van der Waals surface area contributed by atoms with Crippen LogP contribution in [0.3, 0.4) is 0 Å². The Labute approximate surface area is 83.6 Å². The first-order valence-corrected chi connectivity index (χ1v) is 4.65. The van der Waals surface area contributed by atoms with E-state index in [4.69, 9.17) is 5.26 Å². The van der Waals surface area contributed by atoms with Crippen LogP contribution in [-0.2, 0) is 7.05 Å². The summed E-state index contributed by atoms with van der Waals surface area (Å²) in [4.78, 5) is 0. The van der Waals surface area contributed by atoms with E-state index in [2.05, 4.69) is 11.2 Å². The molecule has 2 rings (SSSR count). The predicted octanol–water partition coefficient (Wildman–Crippen LogP) is 2.47. The normalized spacial score (nSPS) is 9.00. The molecule has 1 heterocycles. The van der Waals surface area contributed by atoms with E-state index >= 15 is 0 Å². The largest absolute Gasteiger partial charge is 0.257 e. The molecule has 0 aliphatic carbocycles. The second-order valence-electron chi connectivity index (χ2n) is 2.60. The van der Waals surface area contributed by atoms with Gasteiger partial charge < -0.3 is 0 Å². The molecule has 0 bridgehead atoms. The smallest absolute Gasteiger partial charge is 0.146 e. The lowest BCUT2D eigenvalue weighted by Crippen LogP contribution is -1.92. The molecule has 1 aromatic carbocycles. The Morgan fingerprint density at radius 3 is 2.57 bits per heavy atom. The van der Waals surface area contributed by atoms with Crippen molar-refractivity contribution >= 4 is 10.9 Å². The van der Waals surface area contributed by atoms with Crippen molar-refractivity contribution in [2.75, 3.05) is 0 Å². The minimum Gasteiger partial charge on any atom is -0.257 e. The van der Waals surface area contributed by atoms with Gasteiger partial charge in [-0.2, -0.15) is 10.4 Å². The van der Waals surface area contributed by atoms with Gasteiger partial charge in [0.2, 0.25) is 0 Å². The van der Waals surface area contributed by atoms with Gasteiger partial charge in [-0.1, -0.05) is 26.0 Å². The maximum Gasteiger partial charge on any atom is 0.146 e. The molecule has 3 heteroatoms. The zero-order valence-corrected chi connectivity index (χ0v) is 8.65. The van der Waals surface area contributed by atoms with Crippen LogP contribution in [0.15, 0.2) is 24.3 Å². The second kappa shape index (κ2) is 4.43. The summed E-state index contributed by atoms with van der Waals surface area (Å²) in [5, 5.41) is 13.9. The molecule has 0 saturated carbocycles. The van der Waals surface area contributed by atoms with Crippen molar-refractivity contribution in [2.24, 2.45) is 7.05 Å². The number of aromatic nitrogens is 2. The maximum atomic E-state index is 8.79. The minimum absolute atomic E-state index is 0.616. The number of aryl methyl sites for hydroxylation is 1. The van der Waals surface area contributed by atoms with Crippen LogP contribution in [0.4, 0.5) is 0 Å². The van der Waals surface area contributed by atoms with Crippen LogP contribution in [0.5, 0.6) is 0 Å². The van der Waals surface area contributed by atoms with E-state index in [-0.39, 0.29) is 0 Å². The summed E-state index contributed by atoms with van der Waals surface area (Å²) in [5.41, 5.74) is 1.49. The molecule has 0 radical (unpaired) electrons. The predicted molar refractivity (Wildman–Crippen MR) is 56.8 cm³/mol. The second-order valence-corrected chi connectivity index (χ2v) is 2.60. The molecule has 3 nitrogen and oxygen atoms in total. The zero-order chi connectivity index (χ0) is 10.6. The molecule has 0 saturated heterocycles. The van der Waals surface area contributed by atoms with Gasteiger partial charge in [-0.05, 0) is 12.1 Å². The summed E-state index contributed by atoms with van der Waals surface area (Å²) in [6, 6.07) is 9.74. The summed E-state index contributed by atoms with van der Waals surface area (Å²) < 4.78 is 1.60. The van der Waals surface area contributed by atoms with E-state index in [9.17, 15) is 0 Å². The summed E-state index contributed by atoms with van der Waals surface area (Å²) >= 11 is 0. The van der Waals surface area contributed by atoms with Gasteiger partial charge in [-0.3, -0.25) is 4.68 Å². The number of fused-ring (bicyclic) bond motifs is 1. The molecule has 0 atom stereocenters.